The van der Waals surface area contributed by atoms with Gasteiger partial charge >= 0.3 is 5.69 Å². The number of nitrogens with zero attached hydrogens (tertiary/aromatic N) is 3. The van der Waals surface area contributed by atoms with E-state index in [2.05, 4.69) is 10.4 Å². The maximum Gasteiger partial charge on any atom is 0.307 e. The van der Waals surface area contributed by atoms with E-state index in [0.29, 0.717) is 0 Å². The van der Waals surface area contributed by atoms with E-state index in [0.717, 1.165) is 11.8 Å². The van der Waals surface area contributed by atoms with Crippen molar-refractivity contribution in [3.8, 4) is 0 Å². The highest BCUT2D eigenvalue weighted by atomic mass is 32.1. The summed E-state index contributed by atoms with van der Waals surface area (Å²) in [6.45, 7) is 4.83. The number of carbonyl (C=O) groups excluding carboxylic acids is 1. The molecular weight excluding hydrogens is 320 g/mol. The van der Waals surface area contributed by atoms with E-state index < -0.39 is 22.0 Å². The second-order valence-corrected chi connectivity index (χ2v) is 6.71. The third-order valence-corrected chi connectivity index (χ3v) is 4.33. The SMILES string of the molecule is CC(O)(CNC(=O)C(C)(C)n1cc([N+](=O)[O-])cn1)c1ccsc1. The summed E-state index contributed by atoms with van der Waals surface area (Å²) in [5, 5.41) is 31.3. The summed E-state index contributed by atoms with van der Waals surface area (Å²) in [4.78, 5) is 22.6. The molecule has 9 heteroatoms. The third kappa shape index (κ3) is 3.57. The molecule has 2 N–H and O–H groups in total. The Morgan fingerprint density at radius 1 is 1.52 bits per heavy atom. The van der Waals surface area contributed by atoms with Crippen molar-refractivity contribution >= 4 is 22.9 Å². The normalized spacial score (nSPS) is 14.3. The first-order valence-electron chi connectivity index (χ1n) is 6.87. The molecular formula is C14H18N4O4S. The lowest BCUT2D eigenvalue weighted by molar-refractivity contribution is -0.385. The van der Waals surface area contributed by atoms with Crippen LogP contribution in [0.2, 0.25) is 0 Å². The van der Waals surface area contributed by atoms with Crippen LogP contribution in [0, 0.1) is 10.1 Å². The van der Waals surface area contributed by atoms with Gasteiger partial charge in [0.05, 0.1) is 11.5 Å². The monoisotopic (exact) mass is 338 g/mol. The quantitative estimate of drug-likeness (QED) is 0.614. The van der Waals surface area contributed by atoms with Crippen LogP contribution in [-0.2, 0) is 15.9 Å². The predicted molar refractivity (Wildman–Crippen MR) is 85.1 cm³/mol. The summed E-state index contributed by atoms with van der Waals surface area (Å²) in [7, 11) is 0. The Bertz CT molecular complexity index is 706. The molecule has 124 valence electrons. The summed E-state index contributed by atoms with van der Waals surface area (Å²) in [6.07, 6.45) is 2.30. The lowest BCUT2D eigenvalue weighted by atomic mass is 9.98. The number of thiophene rings is 1. The smallest absolute Gasteiger partial charge is 0.307 e. The molecule has 0 aliphatic carbocycles. The zero-order valence-electron chi connectivity index (χ0n) is 13.0. The topological polar surface area (TPSA) is 110 Å². The van der Waals surface area contributed by atoms with Crippen LogP contribution in [0.3, 0.4) is 0 Å². The molecule has 0 bridgehead atoms. The van der Waals surface area contributed by atoms with E-state index in [1.165, 1.54) is 22.2 Å². The number of aliphatic hydroxyl groups is 1. The maximum atomic E-state index is 12.4. The number of carbonyl (C=O) groups is 1. The Morgan fingerprint density at radius 2 is 2.22 bits per heavy atom. The van der Waals surface area contributed by atoms with Crippen LogP contribution >= 0.6 is 11.3 Å². The van der Waals surface area contributed by atoms with Crippen molar-refractivity contribution in [3.05, 3.63) is 44.9 Å². The highest BCUT2D eigenvalue weighted by molar-refractivity contribution is 7.08. The van der Waals surface area contributed by atoms with Gasteiger partial charge in [-0.15, -0.1) is 0 Å². The first-order valence-corrected chi connectivity index (χ1v) is 7.82. The number of nitro groups is 1. The van der Waals surface area contributed by atoms with Gasteiger partial charge in [-0.2, -0.15) is 16.4 Å². The zero-order chi connectivity index (χ0) is 17.3. The largest absolute Gasteiger partial charge is 0.384 e. The number of hydrogen-bond donors (Lipinski definition) is 2. The molecule has 0 saturated carbocycles. The van der Waals surface area contributed by atoms with Crippen LogP contribution in [-0.4, -0.2) is 32.3 Å². The number of hydrogen-bond acceptors (Lipinski definition) is 6. The van der Waals surface area contributed by atoms with Crippen LogP contribution in [0.25, 0.3) is 0 Å². The average Bonchev–Trinajstić information content (AvgIpc) is 3.15. The fourth-order valence-electron chi connectivity index (χ4n) is 1.96. The van der Waals surface area contributed by atoms with Crippen LogP contribution in [0.1, 0.15) is 26.3 Å². The Balaban J connectivity index is 2.08. The highest BCUT2D eigenvalue weighted by Crippen LogP contribution is 2.23. The van der Waals surface area contributed by atoms with Gasteiger partial charge in [0.25, 0.3) is 0 Å². The van der Waals surface area contributed by atoms with Crippen LogP contribution < -0.4 is 5.32 Å². The molecule has 0 aliphatic heterocycles. The number of rotatable bonds is 6. The minimum absolute atomic E-state index is 0.0232. The fraction of sp³-hybridized carbons (Fsp3) is 0.429. The van der Waals surface area contributed by atoms with E-state index >= 15 is 0 Å². The third-order valence-electron chi connectivity index (χ3n) is 3.64. The van der Waals surface area contributed by atoms with Gasteiger partial charge < -0.3 is 10.4 Å². The lowest BCUT2D eigenvalue weighted by Gasteiger charge is -2.28. The summed E-state index contributed by atoms with van der Waals surface area (Å²) in [5.41, 5.74) is -1.78. The molecule has 0 radical (unpaired) electrons. The summed E-state index contributed by atoms with van der Waals surface area (Å²) in [6, 6.07) is 1.79. The molecule has 2 aromatic heterocycles. The van der Waals surface area contributed by atoms with Crippen LogP contribution in [0.4, 0.5) is 5.69 Å². The molecule has 0 fully saturated rings. The van der Waals surface area contributed by atoms with Crippen molar-refractivity contribution in [1.82, 2.24) is 15.1 Å². The lowest BCUT2D eigenvalue weighted by Crippen LogP contribution is -2.48. The zero-order valence-corrected chi connectivity index (χ0v) is 13.8. The maximum absolute atomic E-state index is 12.4. The second kappa shape index (κ2) is 6.09. The molecule has 0 aromatic carbocycles. The van der Waals surface area contributed by atoms with E-state index in [-0.39, 0.29) is 12.2 Å². The highest BCUT2D eigenvalue weighted by Gasteiger charge is 2.34. The summed E-state index contributed by atoms with van der Waals surface area (Å²) >= 11 is 1.46. The fourth-order valence-corrected chi connectivity index (χ4v) is 2.74. The van der Waals surface area contributed by atoms with E-state index in [9.17, 15) is 20.0 Å². The minimum atomic E-state index is -1.19. The molecule has 1 amide bonds. The first kappa shape index (κ1) is 17.1. The van der Waals surface area contributed by atoms with Gasteiger partial charge in [0.15, 0.2) is 0 Å². The van der Waals surface area contributed by atoms with Crippen molar-refractivity contribution in [1.29, 1.82) is 0 Å². The number of nitrogens with one attached hydrogen (secondary N) is 1. The van der Waals surface area contributed by atoms with Gasteiger partial charge in [-0.25, -0.2) is 0 Å². The predicted octanol–water partition coefficient (Wildman–Crippen LogP) is 1.61. The summed E-state index contributed by atoms with van der Waals surface area (Å²) < 4.78 is 1.24. The standard InChI is InChI=1S/C14H18N4O4S/c1-13(2,17-7-11(6-16-17)18(21)22)12(19)15-9-14(3,20)10-4-5-23-8-10/h4-8,20H,9H2,1-3H3,(H,15,19). The van der Waals surface area contributed by atoms with Crippen molar-refractivity contribution in [2.24, 2.45) is 0 Å². The second-order valence-electron chi connectivity index (χ2n) is 5.93. The molecule has 0 saturated heterocycles. The molecule has 1 atom stereocenters. The molecule has 8 nitrogen and oxygen atoms in total. The van der Waals surface area contributed by atoms with Crippen LogP contribution in [0.15, 0.2) is 29.2 Å². The van der Waals surface area contributed by atoms with Gasteiger partial charge in [-0.05, 0) is 43.2 Å². The van der Waals surface area contributed by atoms with E-state index in [4.69, 9.17) is 0 Å². The number of aromatic nitrogens is 2. The number of amides is 1. The van der Waals surface area contributed by atoms with Crippen molar-refractivity contribution in [2.45, 2.75) is 31.9 Å². The minimum Gasteiger partial charge on any atom is -0.384 e. The Hall–Kier alpha value is -2.26. The molecule has 2 aromatic rings. The summed E-state index contributed by atoms with van der Waals surface area (Å²) in [5.74, 6) is -0.397. The molecule has 0 spiro atoms. The Kier molecular flexibility index (Phi) is 4.53. The Morgan fingerprint density at radius 3 is 2.74 bits per heavy atom. The Labute approximate surface area is 136 Å². The van der Waals surface area contributed by atoms with Gasteiger partial charge in [0.1, 0.15) is 23.5 Å². The molecule has 1 unspecified atom stereocenters. The first-order chi connectivity index (χ1) is 10.6. The average molecular weight is 338 g/mol. The molecule has 2 heterocycles. The van der Waals surface area contributed by atoms with Gasteiger partial charge in [0, 0.05) is 0 Å². The van der Waals surface area contributed by atoms with Gasteiger partial charge in [-0.1, -0.05) is 0 Å². The van der Waals surface area contributed by atoms with E-state index in [1.807, 2.05) is 10.8 Å². The van der Waals surface area contributed by atoms with E-state index in [1.54, 1.807) is 26.8 Å². The molecule has 23 heavy (non-hydrogen) atoms. The molecule has 2 rings (SSSR count). The van der Waals surface area contributed by atoms with Crippen LogP contribution in [0.5, 0.6) is 0 Å². The van der Waals surface area contributed by atoms with Crippen molar-refractivity contribution < 1.29 is 14.8 Å². The molecule has 0 aliphatic rings. The van der Waals surface area contributed by atoms with Crippen molar-refractivity contribution in [2.75, 3.05) is 6.54 Å². The van der Waals surface area contributed by atoms with Gasteiger partial charge in [-0.3, -0.25) is 19.6 Å². The van der Waals surface area contributed by atoms with Gasteiger partial charge in [0.2, 0.25) is 5.91 Å². The van der Waals surface area contributed by atoms with Crippen molar-refractivity contribution in [3.63, 3.8) is 0 Å².